The number of piperidine rings is 1. The molecule has 0 radical (unpaired) electrons. The second-order valence-electron chi connectivity index (χ2n) is 4.01. The molecule has 86 valence electrons. The van der Waals surface area contributed by atoms with E-state index in [4.69, 9.17) is 17.3 Å². The molecule has 0 bridgehead atoms. The summed E-state index contributed by atoms with van der Waals surface area (Å²) in [6, 6.07) is 1.73. The van der Waals surface area contributed by atoms with Gasteiger partial charge in [-0.25, -0.2) is 0 Å². The summed E-state index contributed by atoms with van der Waals surface area (Å²) >= 11 is 5.93. The summed E-state index contributed by atoms with van der Waals surface area (Å²) in [6.07, 6.45) is 4.99. The van der Waals surface area contributed by atoms with Crippen molar-refractivity contribution in [2.45, 2.75) is 18.9 Å². The van der Waals surface area contributed by atoms with Crippen molar-refractivity contribution in [3.05, 3.63) is 29.0 Å². The number of aromatic nitrogens is 1. The van der Waals surface area contributed by atoms with Crippen molar-refractivity contribution in [3.8, 4) is 0 Å². The van der Waals surface area contributed by atoms with E-state index in [0.717, 1.165) is 19.4 Å². The molecule has 1 aliphatic heterocycles. The number of carbonyl (C=O) groups is 1. The van der Waals surface area contributed by atoms with Crippen molar-refractivity contribution in [1.29, 1.82) is 0 Å². The zero-order valence-corrected chi connectivity index (χ0v) is 9.65. The van der Waals surface area contributed by atoms with Crippen LogP contribution in [-0.2, 0) is 0 Å². The van der Waals surface area contributed by atoms with Crippen LogP contribution in [0, 0.1) is 0 Å². The molecule has 1 saturated heterocycles. The topological polar surface area (TPSA) is 59.2 Å². The summed E-state index contributed by atoms with van der Waals surface area (Å²) in [6.45, 7) is 1.36. The van der Waals surface area contributed by atoms with E-state index >= 15 is 0 Å². The van der Waals surface area contributed by atoms with Gasteiger partial charge in [0, 0.05) is 31.5 Å². The molecule has 0 aliphatic carbocycles. The third kappa shape index (κ3) is 2.33. The lowest BCUT2D eigenvalue weighted by atomic mass is 10.1. The third-order valence-electron chi connectivity index (χ3n) is 2.75. The van der Waals surface area contributed by atoms with Gasteiger partial charge in [-0.2, -0.15) is 0 Å². The first kappa shape index (κ1) is 11.4. The van der Waals surface area contributed by atoms with Crippen LogP contribution in [0.3, 0.4) is 0 Å². The Hall–Kier alpha value is -1.13. The van der Waals surface area contributed by atoms with Crippen LogP contribution in [0.15, 0.2) is 18.5 Å². The van der Waals surface area contributed by atoms with E-state index in [0.29, 0.717) is 17.1 Å². The molecular weight excluding hydrogens is 226 g/mol. The van der Waals surface area contributed by atoms with Crippen LogP contribution in [0.4, 0.5) is 0 Å². The maximum Gasteiger partial charge on any atom is 0.255 e. The number of pyridine rings is 1. The molecule has 0 saturated carbocycles. The van der Waals surface area contributed by atoms with Gasteiger partial charge in [0.2, 0.25) is 0 Å². The summed E-state index contributed by atoms with van der Waals surface area (Å²) in [5.41, 5.74) is 6.35. The zero-order chi connectivity index (χ0) is 11.5. The first-order valence-electron chi connectivity index (χ1n) is 5.33. The molecule has 0 spiro atoms. The highest BCUT2D eigenvalue weighted by Crippen LogP contribution is 2.18. The molecule has 1 amide bonds. The Balaban J connectivity index is 2.16. The Bertz CT molecular complexity index is 397. The van der Waals surface area contributed by atoms with Gasteiger partial charge in [0.05, 0.1) is 10.6 Å². The molecule has 1 aliphatic rings. The maximum absolute atomic E-state index is 12.1. The number of nitrogens with two attached hydrogens (primary N) is 1. The molecule has 2 N–H and O–H groups in total. The van der Waals surface area contributed by atoms with E-state index in [9.17, 15) is 4.79 Å². The molecule has 5 heteroatoms. The highest BCUT2D eigenvalue weighted by molar-refractivity contribution is 6.33. The third-order valence-corrected chi connectivity index (χ3v) is 3.05. The van der Waals surface area contributed by atoms with Crippen molar-refractivity contribution in [1.82, 2.24) is 9.88 Å². The molecular formula is C11H14ClN3O. The fourth-order valence-corrected chi connectivity index (χ4v) is 2.11. The fourth-order valence-electron chi connectivity index (χ4n) is 1.91. The first-order valence-corrected chi connectivity index (χ1v) is 5.70. The number of nitrogens with zero attached hydrogens (tertiary/aromatic N) is 2. The average molecular weight is 240 g/mol. The molecule has 4 nitrogen and oxygen atoms in total. The van der Waals surface area contributed by atoms with Gasteiger partial charge in [-0.3, -0.25) is 9.78 Å². The summed E-state index contributed by atoms with van der Waals surface area (Å²) in [5.74, 6) is -0.0532. The lowest BCUT2D eigenvalue weighted by Gasteiger charge is -2.30. The van der Waals surface area contributed by atoms with Crippen molar-refractivity contribution >= 4 is 17.5 Å². The van der Waals surface area contributed by atoms with Crippen molar-refractivity contribution < 1.29 is 4.79 Å². The van der Waals surface area contributed by atoms with Crippen LogP contribution in [0.25, 0.3) is 0 Å². The summed E-state index contributed by atoms with van der Waals surface area (Å²) in [7, 11) is 0. The number of amides is 1. The number of likely N-dealkylation sites (tertiary alicyclic amines) is 1. The standard InChI is InChI=1S/C11H14ClN3O/c12-10-6-14-4-3-9(10)11(16)15-5-1-2-8(13)7-15/h3-4,6,8H,1-2,5,7,13H2/t8-/m1/s1. The Kier molecular flexibility index (Phi) is 3.41. The van der Waals surface area contributed by atoms with E-state index < -0.39 is 0 Å². The molecule has 2 rings (SSSR count). The van der Waals surface area contributed by atoms with Crippen LogP contribution < -0.4 is 5.73 Å². The molecule has 1 atom stereocenters. The highest BCUT2D eigenvalue weighted by atomic mass is 35.5. The van der Waals surface area contributed by atoms with Gasteiger partial charge in [-0.15, -0.1) is 0 Å². The van der Waals surface area contributed by atoms with E-state index in [1.165, 1.54) is 6.20 Å². The Morgan fingerprint density at radius 3 is 3.12 bits per heavy atom. The number of rotatable bonds is 1. The predicted molar refractivity (Wildman–Crippen MR) is 62.4 cm³/mol. The van der Waals surface area contributed by atoms with E-state index in [1.807, 2.05) is 0 Å². The highest BCUT2D eigenvalue weighted by Gasteiger charge is 2.23. The quantitative estimate of drug-likeness (QED) is 0.804. The maximum atomic E-state index is 12.1. The molecule has 2 heterocycles. The number of hydrogen-bond acceptors (Lipinski definition) is 3. The van der Waals surface area contributed by atoms with E-state index in [1.54, 1.807) is 17.2 Å². The van der Waals surface area contributed by atoms with Gasteiger partial charge >= 0.3 is 0 Å². The second kappa shape index (κ2) is 4.80. The average Bonchev–Trinajstić information content (AvgIpc) is 2.29. The number of halogens is 1. The largest absolute Gasteiger partial charge is 0.337 e. The molecule has 1 fully saturated rings. The first-order chi connectivity index (χ1) is 7.68. The smallest absolute Gasteiger partial charge is 0.255 e. The minimum Gasteiger partial charge on any atom is -0.337 e. The van der Waals surface area contributed by atoms with Crippen LogP contribution >= 0.6 is 11.6 Å². The van der Waals surface area contributed by atoms with Crippen LogP contribution in [0.5, 0.6) is 0 Å². The molecule has 1 aromatic rings. The number of carbonyl (C=O) groups excluding carboxylic acids is 1. The monoisotopic (exact) mass is 239 g/mol. The fraction of sp³-hybridized carbons (Fsp3) is 0.455. The molecule has 16 heavy (non-hydrogen) atoms. The Morgan fingerprint density at radius 1 is 1.62 bits per heavy atom. The van der Waals surface area contributed by atoms with Gasteiger partial charge in [0.15, 0.2) is 0 Å². The molecule has 1 aromatic heterocycles. The second-order valence-corrected chi connectivity index (χ2v) is 4.42. The molecule has 0 aromatic carbocycles. The van der Waals surface area contributed by atoms with Crippen LogP contribution in [-0.4, -0.2) is 34.9 Å². The van der Waals surface area contributed by atoms with Crippen molar-refractivity contribution in [2.75, 3.05) is 13.1 Å². The van der Waals surface area contributed by atoms with Crippen LogP contribution in [0.2, 0.25) is 5.02 Å². The van der Waals surface area contributed by atoms with Gasteiger partial charge in [-0.05, 0) is 18.9 Å². The predicted octanol–water partition coefficient (Wildman–Crippen LogP) is 1.30. The van der Waals surface area contributed by atoms with Gasteiger partial charge in [0.1, 0.15) is 0 Å². The van der Waals surface area contributed by atoms with Crippen molar-refractivity contribution in [2.24, 2.45) is 5.73 Å². The summed E-state index contributed by atoms with van der Waals surface area (Å²) < 4.78 is 0. The number of hydrogen-bond donors (Lipinski definition) is 1. The van der Waals surface area contributed by atoms with Gasteiger partial charge < -0.3 is 10.6 Å². The SMILES string of the molecule is N[C@@H]1CCCN(C(=O)c2ccncc2Cl)C1. The minimum atomic E-state index is -0.0532. The summed E-state index contributed by atoms with van der Waals surface area (Å²) in [4.78, 5) is 17.7. The van der Waals surface area contributed by atoms with Crippen LogP contribution in [0.1, 0.15) is 23.2 Å². The van der Waals surface area contributed by atoms with Gasteiger partial charge in [-0.1, -0.05) is 11.6 Å². The van der Waals surface area contributed by atoms with E-state index in [2.05, 4.69) is 4.98 Å². The van der Waals surface area contributed by atoms with Crippen molar-refractivity contribution in [3.63, 3.8) is 0 Å². The Labute approximate surface area is 99.4 Å². The lowest BCUT2D eigenvalue weighted by molar-refractivity contribution is 0.0709. The lowest BCUT2D eigenvalue weighted by Crippen LogP contribution is -2.45. The Morgan fingerprint density at radius 2 is 2.44 bits per heavy atom. The molecule has 0 unspecified atom stereocenters. The zero-order valence-electron chi connectivity index (χ0n) is 8.90. The van der Waals surface area contributed by atoms with E-state index in [-0.39, 0.29) is 11.9 Å². The van der Waals surface area contributed by atoms with Gasteiger partial charge in [0.25, 0.3) is 5.91 Å². The normalized spacial score (nSPS) is 20.9. The minimum absolute atomic E-state index is 0.0532. The summed E-state index contributed by atoms with van der Waals surface area (Å²) in [5, 5.41) is 0.395.